The molecule has 4 N–H and O–H groups in total. The van der Waals surface area contributed by atoms with Gasteiger partial charge in [-0.25, -0.2) is 14.6 Å². The number of carboxylic acids is 1. The normalized spacial score (nSPS) is 27.5. The van der Waals surface area contributed by atoms with Crippen LogP contribution in [0.3, 0.4) is 0 Å². The van der Waals surface area contributed by atoms with E-state index < -0.39 is 53.0 Å². The van der Waals surface area contributed by atoms with Gasteiger partial charge < -0.3 is 49.3 Å². The molecule has 8 rings (SSSR count). The molecule has 0 bridgehead atoms. The van der Waals surface area contributed by atoms with Crippen LogP contribution in [0, 0.1) is 23.2 Å². The lowest BCUT2D eigenvalue weighted by Gasteiger charge is -2.41. The summed E-state index contributed by atoms with van der Waals surface area (Å²) in [5.74, 6) is -0.524. The third-order valence-corrected chi connectivity index (χ3v) is 14.1. The molecule has 3 saturated carbocycles. The number of anilines is 1. The molecule has 17 nitrogen and oxygen atoms in total. The number of benzene rings is 1. The summed E-state index contributed by atoms with van der Waals surface area (Å²) >= 11 is 7.14. The number of pyridine rings is 1. The average Bonchev–Trinajstić information content (AvgIpc) is 3.91. The van der Waals surface area contributed by atoms with E-state index in [9.17, 15) is 24.3 Å². The number of ether oxygens (including phenoxy) is 4. The summed E-state index contributed by atoms with van der Waals surface area (Å²) in [4.78, 5) is 68.4. The smallest absolute Gasteiger partial charge is 0.408 e. The molecule has 65 heavy (non-hydrogen) atoms. The van der Waals surface area contributed by atoms with Gasteiger partial charge in [0.25, 0.3) is 6.01 Å². The van der Waals surface area contributed by atoms with E-state index in [1.54, 1.807) is 12.1 Å². The van der Waals surface area contributed by atoms with E-state index >= 15 is 0 Å². The lowest BCUT2D eigenvalue weighted by atomic mass is 9.85. The van der Waals surface area contributed by atoms with Crippen LogP contribution in [-0.4, -0.2) is 130 Å². The van der Waals surface area contributed by atoms with Crippen molar-refractivity contribution in [2.45, 2.75) is 135 Å². The van der Waals surface area contributed by atoms with Crippen LogP contribution < -0.4 is 25.4 Å². The van der Waals surface area contributed by atoms with Gasteiger partial charge in [0.15, 0.2) is 0 Å². The number of carbonyl (C=O) groups excluding carboxylic acids is 3. The highest BCUT2D eigenvalue weighted by Gasteiger charge is 2.61. The third kappa shape index (κ3) is 9.97. The number of likely N-dealkylation sites (tertiary alicyclic amines) is 1. The lowest BCUT2D eigenvalue weighted by molar-refractivity contribution is -0.146. The Morgan fingerprint density at radius 2 is 1.78 bits per heavy atom. The molecule has 5 aliphatic rings. The largest absolute Gasteiger partial charge is 0.491 e. The monoisotopic (exact) mass is 921 g/mol. The van der Waals surface area contributed by atoms with Gasteiger partial charge in [0, 0.05) is 42.5 Å². The summed E-state index contributed by atoms with van der Waals surface area (Å²) in [5.41, 5.74) is -1.20. The van der Waals surface area contributed by atoms with Crippen LogP contribution in [0.15, 0.2) is 28.9 Å². The summed E-state index contributed by atoms with van der Waals surface area (Å²) in [6.07, 6.45) is 3.48. The first kappa shape index (κ1) is 46.7. The van der Waals surface area contributed by atoms with Gasteiger partial charge in [-0.3, -0.25) is 14.5 Å². The van der Waals surface area contributed by atoms with Gasteiger partial charge in [0.2, 0.25) is 11.8 Å². The van der Waals surface area contributed by atoms with Crippen LogP contribution in [0.2, 0.25) is 5.02 Å². The Kier molecular flexibility index (Phi) is 13.0. The Balaban J connectivity index is 1.09. The molecule has 3 aliphatic carbocycles. The average molecular weight is 923 g/mol. The molecule has 354 valence electrons. The zero-order valence-corrected chi connectivity index (χ0v) is 39.5. The zero-order chi connectivity index (χ0) is 46.6. The van der Waals surface area contributed by atoms with E-state index in [0.717, 1.165) is 19.4 Å². The second kappa shape index (κ2) is 18.1. The van der Waals surface area contributed by atoms with E-state index in [-0.39, 0.29) is 48.0 Å². The second-order valence-electron chi connectivity index (χ2n) is 20.6. The number of nitrogens with zero attached hydrogens (tertiary/aromatic N) is 4. The fourth-order valence-electron chi connectivity index (χ4n) is 9.85. The number of aromatic nitrogens is 2. The van der Waals surface area contributed by atoms with E-state index in [2.05, 4.69) is 39.7 Å². The third-order valence-electron chi connectivity index (χ3n) is 13.8. The maximum atomic E-state index is 14.8. The first-order chi connectivity index (χ1) is 30.8. The van der Waals surface area contributed by atoms with Gasteiger partial charge in [-0.15, -0.1) is 0 Å². The number of oxazole rings is 1. The quantitative estimate of drug-likeness (QED) is 0.121. The van der Waals surface area contributed by atoms with Crippen molar-refractivity contribution >= 4 is 52.4 Å². The number of carboxylic acid groups (broad SMARTS) is 1. The number of hydrogen-bond acceptors (Lipinski definition) is 13. The highest BCUT2D eigenvalue weighted by Crippen LogP contribution is 2.52. The van der Waals surface area contributed by atoms with Crippen LogP contribution in [-0.2, 0) is 23.9 Å². The molecule has 1 unspecified atom stereocenters. The molecular formula is C47H64ClN7O10. The molecule has 5 fully saturated rings. The van der Waals surface area contributed by atoms with E-state index in [1.807, 2.05) is 47.6 Å². The number of fused-ring (bicyclic) bond motifs is 2. The van der Waals surface area contributed by atoms with Crippen LogP contribution in [0.5, 0.6) is 11.5 Å². The lowest BCUT2D eigenvalue weighted by Crippen LogP contribution is -2.59. The number of halogens is 1. The molecule has 0 radical (unpaired) electrons. The summed E-state index contributed by atoms with van der Waals surface area (Å²) < 4.78 is 30.3. The maximum absolute atomic E-state index is 14.8. The number of alkyl carbamates (subject to hydrolysis) is 1. The number of nitrogens with one attached hydrogen (secondary N) is 3. The molecule has 3 amide bonds. The van der Waals surface area contributed by atoms with Crippen molar-refractivity contribution < 1.29 is 47.6 Å². The SMILES string of the molecule is CC[C@@H]1C[C@]1(NC(=O)[C@@H]1CC(Oc2cc(-c3coc(NC(C)C)n3)nc3c(Cl)c(OCCN4CCOCC4(C)C)ccc23)CN1C(=O)[C@@H](NC(=O)O[C@@H]1C[C@@H]2C[C@@H]2C1)C(C)(C)C)C(=O)O. The summed E-state index contributed by atoms with van der Waals surface area (Å²) in [6, 6.07) is 3.44. The predicted molar refractivity (Wildman–Crippen MR) is 242 cm³/mol. The highest BCUT2D eigenvalue weighted by atomic mass is 35.5. The van der Waals surface area contributed by atoms with Crippen LogP contribution >= 0.6 is 11.6 Å². The van der Waals surface area contributed by atoms with Crippen molar-refractivity contribution in [3.05, 3.63) is 29.5 Å². The minimum absolute atomic E-state index is 0.0224. The van der Waals surface area contributed by atoms with Gasteiger partial charge in [-0.2, -0.15) is 4.98 Å². The first-order valence-corrected chi connectivity index (χ1v) is 23.4. The fraction of sp³-hybridized carbons (Fsp3) is 0.660. The van der Waals surface area contributed by atoms with Crippen molar-refractivity contribution in [1.29, 1.82) is 0 Å². The van der Waals surface area contributed by atoms with E-state index in [1.165, 1.54) is 17.6 Å². The fourth-order valence-corrected chi connectivity index (χ4v) is 10.1. The molecule has 2 saturated heterocycles. The molecule has 2 aliphatic heterocycles. The Morgan fingerprint density at radius 3 is 2.45 bits per heavy atom. The number of aliphatic carboxylic acids is 1. The molecule has 1 aromatic carbocycles. The predicted octanol–water partition coefficient (Wildman–Crippen LogP) is 6.51. The van der Waals surface area contributed by atoms with Crippen molar-refractivity contribution in [1.82, 2.24) is 30.4 Å². The number of morpholine rings is 1. The zero-order valence-electron chi connectivity index (χ0n) is 38.7. The summed E-state index contributed by atoms with van der Waals surface area (Å²) in [7, 11) is 0. The van der Waals surface area contributed by atoms with Crippen molar-refractivity contribution in [3.63, 3.8) is 0 Å². The maximum Gasteiger partial charge on any atom is 0.408 e. The molecule has 18 heteroatoms. The van der Waals surface area contributed by atoms with E-state index in [0.29, 0.717) is 84.4 Å². The molecular weight excluding hydrogens is 858 g/mol. The molecule has 2 aromatic heterocycles. The van der Waals surface area contributed by atoms with Crippen molar-refractivity contribution in [2.24, 2.45) is 23.2 Å². The Bertz CT molecular complexity index is 2290. The standard InChI is InChI=1S/C47H64ClN7O10/c1-9-28-21-47(28,42(58)59)53-40(56)34-19-30(22-55(34)41(57)39(45(4,5)6)52-44(60)65-29-17-26-16-27(26)18-29)64-36-20-32(33-23-63-43(51-33)49-25(2)3)50-38-31(36)10-11-35(37(38)48)62-15-13-54-12-14-61-24-46(54,7)8/h10-11,20,23,25-30,34,39H,9,12-19,21-22,24H2,1-8H3,(H,49,51)(H,52,60)(H,53,56)(H,58,59)/t26-,27+,28-,29+,30?,34+,39-,47-/m1/s1. The minimum atomic E-state index is -1.43. The molecule has 3 aromatic rings. The molecule has 0 spiro atoms. The van der Waals surface area contributed by atoms with Gasteiger partial charge in [0.1, 0.15) is 64.9 Å². The van der Waals surface area contributed by atoms with Crippen molar-refractivity contribution in [2.75, 3.05) is 44.8 Å². The topological polar surface area (TPSA) is 207 Å². The summed E-state index contributed by atoms with van der Waals surface area (Å²) in [5, 5.41) is 19.9. The minimum Gasteiger partial charge on any atom is -0.491 e. The molecule has 8 atom stereocenters. The van der Waals surface area contributed by atoms with Crippen LogP contribution in [0.25, 0.3) is 22.3 Å². The number of amides is 3. The number of hydrogen-bond donors (Lipinski definition) is 4. The van der Waals surface area contributed by atoms with Crippen molar-refractivity contribution in [3.8, 4) is 22.9 Å². The number of carbonyl (C=O) groups is 4. The Morgan fingerprint density at radius 1 is 1.03 bits per heavy atom. The van der Waals surface area contributed by atoms with Crippen LogP contribution in [0.4, 0.5) is 10.8 Å². The van der Waals surface area contributed by atoms with Gasteiger partial charge >= 0.3 is 12.1 Å². The van der Waals surface area contributed by atoms with Crippen LogP contribution in [0.1, 0.15) is 93.9 Å². The second-order valence-corrected chi connectivity index (χ2v) is 20.9. The number of rotatable bonds is 16. The highest BCUT2D eigenvalue weighted by molar-refractivity contribution is 6.36. The summed E-state index contributed by atoms with van der Waals surface area (Å²) in [6.45, 7) is 18.6. The first-order valence-electron chi connectivity index (χ1n) is 23.1. The van der Waals surface area contributed by atoms with Gasteiger partial charge in [-0.1, -0.05) is 45.7 Å². The van der Waals surface area contributed by atoms with E-state index in [4.69, 9.17) is 39.9 Å². The molecule has 4 heterocycles. The Hall–Kier alpha value is -4.87. The Labute approximate surface area is 385 Å². The van der Waals surface area contributed by atoms with Gasteiger partial charge in [0.05, 0.1) is 31.0 Å². The van der Waals surface area contributed by atoms with Gasteiger partial charge in [-0.05, 0) is 88.7 Å².